The number of fused-ring (bicyclic) bond motifs is 1. The summed E-state index contributed by atoms with van der Waals surface area (Å²) in [5.41, 5.74) is 0.836. The van der Waals surface area contributed by atoms with Crippen LogP contribution < -0.4 is 10.6 Å². The Hall–Kier alpha value is -4.00. The molecule has 2 unspecified atom stereocenters. The van der Waals surface area contributed by atoms with Crippen molar-refractivity contribution in [1.82, 2.24) is 24.3 Å². The van der Waals surface area contributed by atoms with E-state index in [1.54, 1.807) is 19.2 Å². The number of rotatable bonds is 7. The van der Waals surface area contributed by atoms with Gasteiger partial charge in [0.25, 0.3) is 0 Å². The molecule has 40 heavy (non-hydrogen) atoms. The SMILES string of the molecule is CC[C@@H]1CN(c2nc(=O)n(C)c3ccc(C#N)nc23)C(C)CN1C(CN(C)CC#N)c1ccc(C(F)(F)F)cc1. The molecular formula is C28H31F3N8O. The quantitative estimate of drug-likeness (QED) is 0.409. The third-order valence-corrected chi connectivity index (χ3v) is 7.53. The van der Waals surface area contributed by atoms with Crippen molar-refractivity contribution in [3.05, 3.63) is 63.7 Å². The third kappa shape index (κ3) is 5.79. The summed E-state index contributed by atoms with van der Waals surface area (Å²) in [7, 11) is 3.42. The number of nitrogens with zero attached hydrogens (tertiary/aromatic N) is 8. The Morgan fingerprint density at radius 1 is 1.12 bits per heavy atom. The number of piperazine rings is 1. The number of likely N-dealkylation sites (N-methyl/N-ethyl adjacent to an activating group) is 1. The fourth-order valence-corrected chi connectivity index (χ4v) is 5.35. The van der Waals surface area contributed by atoms with Gasteiger partial charge in [-0.1, -0.05) is 19.1 Å². The Balaban J connectivity index is 1.73. The van der Waals surface area contributed by atoms with Crippen LogP contribution in [0.5, 0.6) is 0 Å². The average Bonchev–Trinajstić information content (AvgIpc) is 2.93. The van der Waals surface area contributed by atoms with Crippen LogP contribution in [0.2, 0.25) is 0 Å². The first-order valence-corrected chi connectivity index (χ1v) is 13.0. The molecule has 0 N–H and O–H groups in total. The van der Waals surface area contributed by atoms with E-state index in [0.29, 0.717) is 36.5 Å². The van der Waals surface area contributed by atoms with E-state index in [-0.39, 0.29) is 30.4 Å². The molecule has 1 aromatic carbocycles. The van der Waals surface area contributed by atoms with Gasteiger partial charge in [0, 0.05) is 44.8 Å². The Kier molecular flexibility index (Phi) is 8.43. The van der Waals surface area contributed by atoms with Gasteiger partial charge in [-0.15, -0.1) is 0 Å². The van der Waals surface area contributed by atoms with Gasteiger partial charge in [-0.05, 0) is 50.2 Å². The molecule has 9 nitrogen and oxygen atoms in total. The van der Waals surface area contributed by atoms with Gasteiger partial charge in [0.05, 0.1) is 23.7 Å². The van der Waals surface area contributed by atoms with E-state index >= 15 is 0 Å². The van der Waals surface area contributed by atoms with Gasteiger partial charge in [-0.3, -0.25) is 14.4 Å². The van der Waals surface area contributed by atoms with Crippen molar-refractivity contribution in [3.8, 4) is 12.1 Å². The van der Waals surface area contributed by atoms with Crippen molar-refractivity contribution in [1.29, 1.82) is 10.5 Å². The summed E-state index contributed by atoms with van der Waals surface area (Å²) in [6.07, 6.45) is -3.71. The zero-order chi connectivity index (χ0) is 29.2. The maximum absolute atomic E-state index is 13.3. The van der Waals surface area contributed by atoms with Crippen molar-refractivity contribution in [2.45, 2.75) is 44.6 Å². The van der Waals surface area contributed by atoms with Gasteiger partial charge in [-0.25, -0.2) is 9.78 Å². The van der Waals surface area contributed by atoms with E-state index in [1.165, 1.54) is 16.7 Å². The highest BCUT2D eigenvalue weighted by atomic mass is 19.4. The molecule has 0 saturated carbocycles. The molecule has 1 saturated heterocycles. The summed E-state index contributed by atoms with van der Waals surface area (Å²) in [5.74, 6) is 0.411. The van der Waals surface area contributed by atoms with Crippen LogP contribution in [0.4, 0.5) is 19.0 Å². The number of aryl methyl sites for hydroxylation is 1. The van der Waals surface area contributed by atoms with Crippen LogP contribution in [0.3, 0.4) is 0 Å². The molecule has 3 atom stereocenters. The van der Waals surface area contributed by atoms with Gasteiger partial charge in [-0.2, -0.15) is 28.7 Å². The number of aromatic nitrogens is 3. The number of nitriles is 2. The largest absolute Gasteiger partial charge is 0.416 e. The lowest BCUT2D eigenvalue weighted by Gasteiger charge is -2.49. The number of anilines is 1. The number of hydrogen-bond donors (Lipinski definition) is 0. The number of benzene rings is 1. The van der Waals surface area contributed by atoms with Crippen LogP contribution in [-0.4, -0.2) is 69.6 Å². The fourth-order valence-electron chi connectivity index (χ4n) is 5.35. The molecule has 0 aliphatic carbocycles. The zero-order valence-corrected chi connectivity index (χ0v) is 22.9. The van der Waals surface area contributed by atoms with Crippen LogP contribution in [0.25, 0.3) is 11.0 Å². The third-order valence-electron chi connectivity index (χ3n) is 7.53. The zero-order valence-electron chi connectivity index (χ0n) is 22.9. The van der Waals surface area contributed by atoms with Crippen LogP contribution >= 0.6 is 0 Å². The summed E-state index contributed by atoms with van der Waals surface area (Å²) in [6, 6.07) is 12.2. The van der Waals surface area contributed by atoms with Crippen molar-refractivity contribution in [3.63, 3.8) is 0 Å². The smallest absolute Gasteiger partial charge is 0.349 e. The van der Waals surface area contributed by atoms with Crippen molar-refractivity contribution in [2.24, 2.45) is 7.05 Å². The highest BCUT2D eigenvalue weighted by molar-refractivity contribution is 5.86. The molecule has 0 radical (unpaired) electrons. The number of pyridine rings is 1. The van der Waals surface area contributed by atoms with Gasteiger partial charge in [0.1, 0.15) is 17.3 Å². The van der Waals surface area contributed by atoms with Crippen LogP contribution in [0.15, 0.2) is 41.2 Å². The van der Waals surface area contributed by atoms with Crippen molar-refractivity contribution >= 4 is 16.9 Å². The Labute approximate surface area is 230 Å². The highest BCUT2D eigenvalue weighted by Crippen LogP contribution is 2.35. The number of hydrogen-bond acceptors (Lipinski definition) is 8. The van der Waals surface area contributed by atoms with Gasteiger partial charge < -0.3 is 4.90 Å². The fraction of sp³-hybridized carbons (Fsp3) is 0.464. The van der Waals surface area contributed by atoms with Crippen molar-refractivity contribution < 1.29 is 13.2 Å². The topological polar surface area (TPSA) is 105 Å². The molecule has 1 fully saturated rings. The first-order valence-electron chi connectivity index (χ1n) is 13.0. The van der Waals surface area contributed by atoms with E-state index in [1.807, 2.05) is 36.8 Å². The van der Waals surface area contributed by atoms with Crippen LogP contribution in [0.1, 0.15) is 43.1 Å². The van der Waals surface area contributed by atoms with E-state index in [0.717, 1.165) is 24.1 Å². The predicted octanol–water partition coefficient (Wildman–Crippen LogP) is 3.70. The molecule has 0 bridgehead atoms. The maximum atomic E-state index is 13.3. The molecule has 3 heterocycles. The Morgan fingerprint density at radius 3 is 2.42 bits per heavy atom. The first-order chi connectivity index (χ1) is 19.0. The number of halogens is 3. The van der Waals surface area contributed by atoms with E-state index in [2.05, 4.69) is 20.9 Å². The molecule has 2 aromatic heterocycles. The van der Waals surface area contributed by atoms with Gasteiger partial charge in [0.2, 0.25) is 0 Å². The molecule has 1 aliphatic rings. The monoisotopic (exact) mass is 552 g/mol. The van der Waals surface area contributed by atoms with Gasteiger partial charge >= 0.3 is 11.9 Å². The molecule has 12 heteroatoms. The summed E-state index contributed by atoms with van der Waals surface area (Å²) < 4.78 is 41.2. The van der Waals surface area contributed by atoms with E-state index < -0.39 is 17.4 Å². The van der Waals surface area contributed by atoms with Crippen LogP contribution in [-0.2, 0) is 13.2 Å². The first kappa shape index (κ1) is 29.0. The lowest BCUT2D eigenvalue weighted by molar-refractivity contribution is -0.137. The molecule has 1 aliphatic heterocycles. The molecular weight excluding hydrogens is 521 g/mol. The summed E-state index contributed by atoms with van der Waals surface area (Å²) in [5, 5.41) is 18.6. The minimum atomic E-state index is -4.43. The maximum Gasteiger partial charge on any atom is 0.416 e. The Morgan fingerprint density at radius 2 is 1.82 bits per heavy atom. The lowest BCUT2D eigenvalue weighted by atomic mass is 9.96. The summed E-state index contributed by atoms with van der Waals surface area (Å²) in [6.45, 7) is 5.68. The minimum absolute atomic E-state index is 0.0426. The minimum Gasteiger partial charge on any atom is -0.349 e. The second kappa shape index (κ2) is 11.6. The van der Waals surface area contributed by atoms with Gasteiger partial charge in [0.15, 0.2) is 5.82 Å². The second-order valence-electron chi connectivity index (χ2n) is 10.2. The Bertz CT molecular complexity index is 1510. The molecule has 4 rings (SSSR count). The van der Waals surface area contributed by atoms with E-state index in [9.17, 15) is 28.5 Å². The summed E-state index contributed by atoms with van der Waals surface area (Å²) in [4.78, 5) is 27.7. The highest BCUT2D eigenvalue weighted by Gasteiger charge is 2.38. The predicted molar refractivity (Wildman–Crippen MR) is 144 cm³/mol. The molecule has 0 spiro atoms. The average molecular weight is 553 g/mol. The lowest BCUT2D eigenvalue weighted by Crippen LogP contribution is -2.59. The molecule has 0 amide bonds. The normalized spacial score (nSPS) is 19.0. The second-order valence-corrected chi connectivity index (χ2v) is 10.2. The number of alkyl halides is 3. The van der Waals surface area contributed by atoms with Crippen LogP contribution in [0, 0.1) is 22.7 Å². The van der Waals surface area contributed by atoms with Crippen molar-refractivity contribution in [2.75, 3.05) is 38.1 Å². The summed E-state index contributed by atoms with van der Waals surface area (Å²) >= 11 is 0. The molecule has 3 aromatic rings. The van der Waals surface area contributed by atoms with E-state index in [4.69, 9.17) is 0 Å². The molecule has 210 valence electrons. The standard InChI is InChI=1S/C28H31F3N8O/c1-5-22-16-38(26-25-23(37(4)27(40)35-26)11-10-21(14-33)34-25)18(2)15-39(22)24(17-36(3)13-12-32)19-6-8-20(9-7-19)28(29,30)31/h6-11,18,22,24H,5,13,15-17H2,1-4H3/t18?,22-,24?/m1/s1.